The van der Waals surface area contributed by atoms with Gasteiger partial charge in [0.2, 0.25) is 0 Å². The van der Waals surface area contributed by atoms with E-state index in [1.54, 1.807) is 0 Å². The van der Waals surface area contributed by atoms with Gasteiger partial charge in [0.15, 0.2) is 0 Å². The van der Waals surface area contributed by atoms with Crippen molar-refractivity contribution in [1.29, 1.82) is 0 Å². The molecule has 154 valence electrons. The van der Waals surface area contributed by atoms with Crippen molar-refractivity contribution in [2.75, 3.05) is 13.2 Å². The number of carboxylic acid groups (broad SMARTS) is 1. The predicted octanol–water partition coefficient (Wildman–Crippen LogP) is 6.57. The number of ether oxygens (including phenoxy) is 1. The second kappa shape index (κ2) is 16.8. The van der Waals surface area contributed by atoms with E-state index in [1.165, 1.54) is 76.2 Å². The zero-order valence-electron chi connectivity index (χ0n) is 17.4. The van der Waals surface area contributed by atoms with Gasteiger partial charge in [-0.2, -0.15) is 0 Å². The monoisotopic (exact) mass is 376 g/mol. The highest BCUT2D eigenvalue weighted by molar-refractivity contribution is 5.67. The molecule has 0 saturated carbocycles. The van der Waals surface area contributed by atoms with Crippen LogP contribution < -0.4 is 0 Å². The number of aryl methyl sites for hydroxylation is 1. The fourth-order valence-electron chi connectivity index (χ4n) is 3.28. The van der Waals surface area contributed by atoms with Gasteiger partial charge in [0.1, 0.15) is 0 Å². The Balaban J connectivity index is 1.88. The van der Waals surface area contributed by atoms with Crippen molar-refractivity contribution in [3.63, 3.8) is 0 Å². The molecule has 27 heavy (non-hydrogen) atoms. The third-order valence-corrected chi connectivity index (χ3v) is 5.08. The van der Waals surface area contributed by atoms with Crippen LogP contribution in [0, 0.1) is 0 Å². The first-order valence-corrected chi connectivity index (χ1v) is 11.1. The normalized spacial score (nSPS) is 11.0. The Labute approximate surface area is 166 Å². The van der Waals surface area contributed by atoms with Crippen LogP contribution in [0.3, 0.4) is 0 Å². The Morgan fingerprint density at radius 2 is 1.22 bits per heavy atom. The van der Waals surface area contributed by atoms with Gasteiger partial charge in [-0.25, -0.2) is 0 Å². The van der Waals surface area contributed by atoms with E-state index in [-0.39, 0.29) is 6.42 Å². The van der Waals surface area contributed by atoms with Crippen molar-refractivity contribution < 1.29 is 14.6 Å². The van der Waals surface area contributed by atoms with Gasteiger partial charge in [0.05, 0.1) is 6.61 Å². The van der Waals surface area contributed by atoms with E-state index in [0.29, 0.717) is 6.42 Å². The maximum absolute atomic E-state index is 10.6. The lowest BCUT2D eigenvalue weighted by Gasteiger charge is -2.06. The molecule has 1 aromatic carbocycles. The number of unbranched alkanes of at least 4 members (excludes halogenated alkanes) is 10. The Morgan fingerprint density at radius 3 is 1.74 bits per heavy atom. The van der Waals surface area contributed by atoms with E-state index < -0.39 is 5.97 Å². The molecule has 0 spiro atoms. The summed E-state index contributed by atoms with van der Waals surface area (Å²) in [6, 6.07) is 8.23. The highest BCUT2D eigenvalue weighted by Crippen LogP contribution is 2.11. The number of carboxylic acids is 1. The van der Waals surface area contributed by atoms with E-state index >= 15 is 0 Å². The standard InChI is InChI=1S/C24H40O3/c1-2-3-4-5-6-7-8-9-10-11-12-20-27-21-19-23-15-13-22(14-16-23)17-18-24(25)26/h13-16H,2-12,17-21H2,1H3,(H,25,26). The van der Waals surface area contributed by atoms with Crippen LogP contribution in [0.4, 0.5) is 0 Å². The molecule has 0 saturated heterocycles. The highest BCUT2D eigenvalue weighted by Gasteiger charge is 2.00. The van der Waals surface area contributed by atoms with Crippen LogP contribution in [0.1, 0.15) is 95.1 Å². The van der Waals surface area contributed by atoms with Crippen molar-refractivity contribution >= 4 is 5.97 Å². The molecular weight excluding hydrogens is 336 g/mol. The topological polar surface area (TPSA) is 46.5 Å². The van der Waals surface area contributed by atoms with Crippen LogP contribution in [-0.4, -0.2) is 24.3 Å². The van der Waals surface area contributed by atoms with Crippen LogP contribution in [0.25, 0.3) is 0 Å². The molecule has 0 amide bonds. The van der Waals surface area contributed by atoms with Gasteiger partial charge < -0.3 is 9.84 Å². The molecule has 0 bridgehead atoms. The summed E-state index contributed by atoms with van der Waals surface area (Å²) in [5.74, 6) is -0.741. The summed E-state index contributed by atoms with van der Waals surface area (Å²) in [7, 11) is 0. The number of hydrogen-bond acceptors (Lipinski definition) is 2. The maximum Gasteiger partial charge on any atom is 0.303 e. The first kappa shape index (κ1) is 23.7. The SMILES string of the molecule is CCCCCCCCCCCCCOCCc1ccc(CCC(=O)O)cc1. The summed E-state index contributed by atoms with van der Waals surface area (Å²) in [5.41, 5.74) is 2.34. The zero-order chi connectivity index (χ0) is 19.6. The van der Waals surface area contributed by atoms with Gasteiger partial charge in [0.25, 0.3) is 0 Å². The fourth-order valence-corrected chi connectivity index (χ4v) is 3.28. The van der Waals surface area contributed by atoms with E-state index in [2.05, 4.69) is 19.1 Å². The van der Waals surface area contributed by atoms with Crippen LogP contribution in [-0.2, 0) is 22.4 Å². The molecule has 3 heteroatoms. The van der Waals surface area contributed by atoms with Crippen molar-refractivity contribution in [2.24, 2.45) is 0 Å². The van der Waals surface area contributed by atoms with Crippen molar-refractivity contribution in [3.05, 3.63) is 35.4 Å². The summed E-state index contributed by atoms with van der Waals surface area (Å²) in [6.07, 6.45) is 16.7. The summed E-state index contributed by atoms with van der Waals surface area (Å²) >= 11 is 0. The molecule has 3 nitrogen and oxygen atoms in total. The second-order valence-electron chi connectivity index (χ2n) is 7.61. The van der Waals surface area contributed by atoms with Crippen LogP contribution in [0.5, 0.6) is 0 Å². The van der Waals surface area contributed by atoms with Crippen LogP contribution >= 0.6 is 0 Å². The van der Waals surface area contributed by atoms with Crippen LogP contribution in [0.15, 0.2) is 24.3 Å². The minimum Gasteiger partial charge on any atom is -0.481 e. The lowest BCUT2D eigenvalue weighted by Crippen LogP contribution is -2.01. The van der Waals surface area contributed by atoms with Gasteiger partial charge in [-0.3, -0.25) is 4.79 Å². The molecule has 0 radical (unpaired) electrons. The van der Waals surface area contributed by atoms with Gasteiger partial charge in [-0.15, -0.1) is 0 Å². The molecule has 1 N–H and O–H groups in total. The van der Waals surface area contributed by atoms with E-state index in [9.17, 15) is 4.79 Å². The summed E-state index contributed by atoms with van der Waals surface area (Å²) in [4.78, 5) is 10.6. The van der Waals surface area contributed by atoms with Crippen LogP contribution in [0.2, 0.25) is 0 Å². The number of carbonyl (C=O) groups is 1. The number of benzene rings is 1. The largest absolute Gasteiger partial charge is 0.481 e. The predicted molar refractivity (Wildman–Crippen MR) is 113 cm³/mol. The molecule has 0 aromatic heterocycles. The Bertz CT molecular complexity index is 467. The number of hydrogen-bond donors (Lipinski definition) is 1. The molecule has 1 rings (SSSR count). The van der Waals surface area contributed by atoms with Gasteiger partial charge in [-0.1, -0.05) is 95.4 Å². The lowest BCUT2D eigenvalue weighted by molar-refractivity contribution is -0.136. The van der Waals surface area contributed by atoms with E-state index in [4.69, 9.17) is 9.84 Å². The summed E-state index contributed by atoms with van der Waals surface area (Å²) < 4.78 is 5.75. The maximum atomic E-state index is 10.6. The summed E-state index contributed by atoms with van der Waals surface area (Å²) in [6.45, 7) is 3.91. The molecular formula is C24H40O3. The van der Waals surface area contributed by atoms with Gasteiger partial charge >= 0.3 is 5.97 Å². The highest BCUT2D eigenvalue weighted by atomic mass is 16.5. The number of rotatable bonds is 18. The molecule has 1 aromatic rings. The molecule has 0 aliphatic heterocycles. The summed E-state index contributed by atoms with van der Waals surface area (Å²) in [5, 5.41) is 8.71. The first-order chi connectivity index (χ1) is 13.2. The Kier molecular flexibility index (Phi) is 14.7. The number of aliphatic carboxylic acids is 1. The average molecular weight is 377 g/mol. The molecule has 0 aliphatic carbocycles. The molecule has 0 aliphatic rings. The molecule has 0 heterocycles. The van der Waals surface area contributed by atoms with E-state index in [0.717, 1.165) is 25.2 Å². The fraction of sp³-hybridized carbons (Fsp3) is 0.708. The van der Waals surface area contributed by atoms with Crippen molar-refractivity contribution in [3.8, 4) is 0 Å². The van der Waals surface area contributed by atoms with Gasteiger partial charge in [0, 0.05) is 13.0 Å². The third-order valence-electron chi connectivity index (χ3n) is 5.08. The average Bonchev–Trinajstić information content (AvgIpc) is 2.67. The zero-order valence-corrected chi connectivity index (χ0v) is 17.4. The van der Waals surface area contributed by atoms with Crippen molar-refractivity contribution in [1.82, 2.24) is 0 Å². The third kappa shape index (κ3) is 14.4. The Hall–Kier alpha value is -1.35. The lowest BCUT2D eigenvalue weighted by atomic mass is 10.1. The second-order valence-corrected chi connectivity index (χ2v) is 7.61. The minimum absolute atomic E-state index is 0.196. The quantitative estimate of drug-likeness (QED) is 0.295. The molecule has 0 unspecified atom stereocenters. The smallest absolute Gasteiger partial charge is 0.303 e. The minimum atomic E-state index is -0.741. The van der Waals surface area contributed by atoms with E-state index in [1.807, 2.05) is 12.1 Å². The van der Waals surface area contributed by atoms with Crippen molar-refractivity contribution in [2.45, 2.75) is 96.8 Å². The van der Waals surface area contributed by atoms with Gasteiger partial charge in [-0.05, 0) is 30.4 Å². The first-order valence-electron chi connectivity index (χ1n) is 11.1. The molecule has 0 fully saturated rings. The molecule has 0 atom stereocenters. The Morgan fingerprint density at radius 1 is 0.741 bits per heavy atom.